The largest absolute Gasteiger partial charge is 0.381 e. The van der Waals surface area contributed by atoms with E-state index in [9.17, 15) is 9.59 Å². The highest BCUT2D eigenvalue weighted by atomic mass is 16.5. The Morgan fingerprint density at radius 3 is 2.55 bits per heavy atom. The zero-order chi connectivity index (χ0) is 14.8. The van der Waals surface area contributed by atoms with Crippen molar-refractivity contribution >= 4 is 11.8 Å². The van der Waals surface area contributed by atoms with Gasteiger partial charge in [-0.15, -0.1) is 0 Å². The standard InChI is InChI=1S/C15H26N2O3/c1-4-15(5-2)14(19)17(9-8-13(18)16-15)11-6-7-12(10-11)20-3/h11-12H,4-10H2,1-3H3,(H,16,18). The lowest BCUT2D eigenvalue weighted by molar-refractivity contribution is -0.141. The highest BCUT2D eigenvalue weighted by Crippen LogP contribution is 2.30. The summed E-state index contributed by atoms with van der Waals surface area (Å²) in [6.07, 6.45) is 4.80. The molecule has 1 saturated heterocycles. The molecule has 1 aliphatic carbocycles. The van der Waals surface area contributed by atoms with Crippen LogP contribution in [-0.4, -0.2) is 48.1 Å². The van der Waals surface area contributed by atoms with E-state index in [1.165, 1.54) is 0 Å². The van der Waals surface area contributed by atoms with Crippen LogP contribution in [0.3, 0.4) is 0 Å². The molecule has 1 N–H and O–H groups in total. The van der Waals surface area contributed by atoms with Crippen molar-refractivity contribution in [2.45, 2.75) is 70.1 Å². The fourth-order valence-electron chi connectivity index (χ4n) is 3.47. The van der Waals surface area contributed by atoms with E-state index in [1.807, 2.05) is 18.7 Å². The summed E-state index contributed by atoms with van der Waals surface area (Å²) in [5, 5.41) is 2.96. The van der Waals surface area contributed by atoms with Crippen molar-refractivity contribution in [3.05, 3.63) is 0 Å². The predicted molar refractivity (Wildman–Crippen MR) is 76.2 cm³/mol. The monoisotopic (exact) mass is 282 g/mol. The van der Waals surface area contributed by atoms with Crippen LogP contribution in [0, 0.1) is 0 Å². The minimum atomic E-state index is -0.710. The van der Waals surface area contributed by atoms with Crippen molar-refractivity contribution in [3.63, 3.8) is 0 Å². The van der Waals surface area contributed by atoms with Crippen LogP contribution < -0.4 is 5.32 Å². The summed E-state index contributed by atoms with van der Waals surface area (Å²) in [6, 6.07) is 0.220. The molecule has 0 aromatic carbocycles. The van der Waals surface area contributed by atoms with Gasteiger partial charge in [0.1, 0.15) is 5.54 Å². The summed E-state index contributed by atoms with van der Waals surface area (Å²) in [7, 11) is 1.73. The number of carbonyl (C=O) groups excluding carboxylic acids is 2. The lowest BCUT2D eigenvalue weighted by Crippen LogP contribution is -2.58. The smallest absolute Gasteiger partial charge is 0.248 e. The molecule has 1 aliphatic heterocycles. The predicted octanol–water partition coefficient (Wildman–Crippen LogP) is 1.46. The average molecular weight is 282 g/mol. The maximum absolute atomic E-state index is 12.9. The average Bonchev–Trinajstić information content (AvgIpc) is 2.89. The molecule has 1 heterocycles. The first-order valence-electron chi connectivity index (χ1n) is 7.71. The Balaban J connectivity index is 2.20. The van der Waals surface area contributed by atoms with Gasteiger partial charge in [0.15, 0.2) is 0 Å². The minimum Gasteiger partial charge on any atom is -0.381 e. The van der Waals surface area contributed by atoms with Gasteiger partial charge in [-0.2, -0.15) is 0 Å². The molecule has 1 saturated carbocycles. The number of amides is 2. The third-order valence-electron chi connectivity index (χ3n) is 4.97. The molecule has 2 aliphatic rings. The normalized spacial score (nSPS) is 30.2. The van der Waals surface area contributed by atoms with E-state index in [1.54, 1.807) is 7.11 Å². The molecule has 2 rings (SSSR count). The number of carbonyl (C=O) groups is 2. The summed E-state index contributed by atoms with van der Waals surface area (Å²) in [5.74, 6) is 0.0842. The molecule has 2 atom stereocenters. The molecule has 5 heteroatoms. The second-order valence-electron chi connectivity index (χ2n) is 5.91. The van der Waals surface area contributed by atoms with Gasteiger partial charge >= 0.3 is 0 Å². The van der Waals surface area contributed by atoms with E-state index in [2.05, 4.69) is 5.32 Å². The second-order valence-corrected chi connectivity index (χ2v) is 5.91. The van der Waals surface area contributed by atoms with Gasteiger partial charge in [0, 0.05) is 26.1 Å². The van der Waals surface area contributed by atoms with Crippen LogP contribution in [0.2, 0.25) is 0 Å². The van der Waals surface area contributed by atoms with Crippen LogP contribution in [-0.2, 0) is 14.3 Å². The highest BCUT2D eigenvalue weighted by molar-refractivity contribution is 5.93. The van der Waals surface area contributed by atoms with Crippen LogP contribution >= 0.6 is 0 Å². The van der Waals surface area contributed by atoms with Crippen molar-refractivity contribution in [1.29, 1.82) is 0 Å². The molecule has 2 amide bonds. The van der Waals surface area contributed by atoms with Crippen molar-refractivity contribution < 1.29 is 14.3 Å². The van der Waals surface area contributed by atoms with Gasteiger partial charge in [0.05, 0.1) is 6.10 Å². The molecule has 2 unspecified atom stereocenters. The van der Waals surface area contributed by atoms with Crippen molar-refractivity contribution in [1.82, 2.24) is 10.2 Å². The number of nitrogens with one attached hydrogen (secondary N) is 1. The van der Waals surface area contributed by atoms with E-state index >= 15 is 0 Å². The SMILES string of the molecule is CCC1(CC)NC(=O)CCN(C2CCC(OC)C2)C1=O. The van der Waals surface area contributed by atoms with Gasteiger partial charge in [-0.05, 0) is 32.1 Å². The fourth-order valence-corrected chi connectivity index (χ4v) is 3.47. The molecule has 20 heavy (non-hydrogen) atoms. The van der Waals surface area contributed by atoms with E-state index in [4.69, 9.17) is 4.74 Å². The maximum atomic E-state index is 12.9. The van der Waals surface area contributed by atoms with Gasteiger partial charge in [0.25, 0.3) is 0 Å². The first-order valence-corrected chi connectivity index (χ1v) is 7.71. The molecule has 0 bridgehead atoms. The van der Waals surface area contributed by atoms with Gasteiger partial charge in [-0.25, -0.2) is 0 Å². The Kier molecular flexibility index (Phi) is 4.68. The molecule has 114 valence electrons. The maximum Gasteiger partial charge on any atom is 0.248 e. The van der Waals surface area contributed by atoms with Crippen molar-refractivity contribution in [2.75, 3.05) is 13.7 Å². The summed E-state index contributed by atoms with van der Waals surface area (Å²) >= 11 is 0. The van der Waals surface area contributed by atoms with Gasteiger partial charge < -0.3 is 15.0 Å². The van der Waals surface area contributed by atoms with E-state index < -0.39 is 5.54 Å². The molecule has 0 radical (unpaired) electrons. The van der Waals surface area contributed by atoms with Gasteiger partial charge in [0.2, 0.25) is 11.8 Å². The first kappa shape index (κ1) is 15.3. The van der Waals surface area contributed by atoms with Crippen molar-refractivity contribution in [3.8, 4) is 0 Å². The zero-order valence-corrected chi connectivity index (χ0v) is 12.8. The summed E-state index contributed by atoms with van der Waals surface area (Å²) in [6.45, 7) is 4.48. The second kappa shape index (κ2) is 6.12. The number of methoxy groups -OCH3 is 1. The minimum absolute atomic E-state index is 0.00848. The fraction of sp³-hybridized carbons (Fsp3) is 0.867. The molecular formula is C15H26N2O3. The summed E-state index contributed by atoms with van der Waals surface area (Å²) < 4.78 is 5.40. The van der Waals surface area contributed by atoms with E-state index in [0.717, 1.165) is 19.3 Å². The number of nitrogens with zero attached hydrogens (tertiary/aromatic N) is 1. The molecular weight excluding hydrogens is 256 g/mol. The Hall–Kier alpha value is -1.10. The Labute approximate surface area is 121 Å². The summed E-state index contributed by atoms with van der Waals surface area (Å²) in [4.78, 5) is 26.8. The zero-order valence-electron chi connectivity index (χ0n) is 12.8. The van der Waals surface area contributed by atoms with E-state index in [-0.39, 0.29) is 24.0 Å². The Bertz CT molecular complexity index is 379. The molecule has 2 fully saturated rings. The quantitative estimate of drug-likeness (QED) is 0.849. The van der Waals surface area contributed by atoms with Crippen LogP contribution in [0.1, 0.15) is 52.4 Å². The van der Waals surface area contributed by atoms with E-state index in [0.29, 0.717) is 25.8 Å². The van der Waals surface area contributed by atoms with Crippen LogP contribution in [0.15, 0.2) is 0 Å². The van der Waals surface area contributed by atoms with Gasteiger partial charge in [-0.1, -0.05) is 13.8 Å². The van der Waals surface area contributed by atoms with Crippen LogP contribution in [0.4, 0.5) is 0 Å². The molecule has 0 aromatic rings. The molecule has 0 aromatic heterocycles. The Morgan fingerprint density at radius 1 is 1.30 bits per heavy atom. The van der Waals surface area contributed by atoms with Crippen LogP contribution in [0.25, 0.3) is 0 Å². The number of hydrogen-bond acceptors (Lipinski definition) is 3. The van der Waals surface area contributed by atoms with Gasteiger partial charge in [-0.3, -0.25) is 9.59 Å². The third-order valence-corrected chi connectivity index (χ3v) is 4.97. The summed E-state index contributed by atoms with van der Waals surface area (Å²) in [5.41, 5.74) is -0.710. The number of hydrogen-bond donors (Lipinski definition) is 1. The van der Waals surface area contributed by atoms with Crippen molar-refractivity contribution in [2.24, 2.45) is 0 Å². The lowest BCUT2D eigenvalue weighted by atomic mass is 9.90. The lowest BCUT2D eigenvalue weighted by Gasteiger charge is -2.36. The topological polar surface area (TPSA) is 58.6 Å². The third kappa shape index (κ3) is 2.68. The van der Waals surface area contributed by atoms with Crippen LogP contribution in [0.5, 0.6) is 0 Å². The number of rotatable bonds is 4. The number of ether oxygens (including phenoxy) is 1. The molecule has 0 spiro atoms. The highest BCUT2D eigenvalue weighted by Gasteiger charge is 2.45. The molecule has 5 nitrogen and oxygen atoms in total. The first-order chi connectivity index (χ1) is 9.56. The Morgan fingerprint density at radius 2 is 2.00 bits per heavy atom.